The molecule has 12 heteroatoms. The standard InChI is InChI=1S/C86H50F6N6/c87-85(88,89)52-47-51(48-53(49-52)86(90,91)92)79-80(94-69-36-14-3-25-57(69)58-26-4-15-37-70(58)94)82(96-73-40-18-7-29-61(73)62-30-8-19-41-74(62)96)84(98-77-44-22-11-33-65(77)66-50-54(45-46-78(66)98)93-67-34-12-1-23-55(67)56-24-2-13-35-68(56)93)83(97-75-42-20-9-31-63(75)64-32-10-21-43-76(64)97)81(79)95-71-38-16-5-27-59(71)60-28-6-17-39-72(60)95/h1-50H. The lowest BCUT2D eigenvalue weighted by molar-refractivity contribution is -0.143. The van der Waals surface area contributed by atoms with Crippen LogP contribution in [-0.4, -0.2) is 27.4 Å². The zero-order valence-electron chi connectivity index (χ0n) is 51.8. The van der Waals surface area contributed by atoms with Gasteiger partial charge < -0.3 is 27.4 Å². The Morgan fingerprint density at radius 3 is 0.643 bits per heavy atom. The minimum Gasteiger partial charge on any atom is -0.309 e. The largest absolute Gasteiger partial charge is 0.416 e. The Bertz CT molecular complexity index is 6250. The van der Waals surface area contributed by atoms with Crippen LogP contribution < -0.4 is 0 Å². The van der Waals surface area contributed by atoms with Gasteiger partial charge in [-0.25, -0.2) is 0 Å². The van der Waals surface area contributed by atoms with E-state index in [1.54, 1.807) is 0 Å². The molecule has 6 heterocycles. The van der Waals surface area contributed by atoms with Gasteiger partial charge >= 0.3 is 12.4 Å². The van der Waals surface area contributed by atoms with E-state index < -0.39 is 23.5 Å². The molecule has 0 aliphatic carbocycles. The topological polar surface area (TPSA) is 29.6 Å². The van der Waals surface area contributed by atoms with Gasteiger partial charge in [-0.3, -0.25) is 0 Å². The van der Waals surface area contributed by atoms with Crippen LogP contribution >= 0.6 is 0 Å². The van der Waals surface area contributed by atoms with E-state index in [-0.39, 0.29) is 17.2 Å². The molecular weight excluding hydrogens is 1230 g/mol. The molecular formula is C86H50F6N6. The number of para-hydroxylation sites is 11. The molecule has 0 N–H and O–H groups in total. The van der Waals surface area contributed by atoms with Gasteiger partial charge in [-0.1, -0.05) is 200 Å². The zero-order chi connectivity index (χ0) is 65.4. The van der Waals surface area contributed by atoms with Gasteiger partial charge in [-0.05, 0) is 109 Å². The fraction of sp³-hybridized carbons (Fsp3) is 0.0233. The second-order valence-electron chi connectivity index (χ2n) is 25.3. The van der Waals surface area contributed by atoms with Gasteiger partial charge in [0.15, 0.2) is 0 Å². The van der Waals surface area contributed by atoms with Crippen molar-refractivity contribution in [2.45, 2.75) is 12.4 Å². The van der Waals surface area contributed by atoms with E-state index in [0.717, 1.165) is 127 Å². The summed E-state index contributed by atoms with van der Waals surface area (Å²) in [6.07, 6.45) is -10.5. The molecule has 0 bridgehead atoms. The number of hydrogen-bond donors (Lipinski definition) is 0. The zero-order valence-corrected chi connectivity index (χ0v) is 51.8. The summed E-state index contributed by atoms with van der Waals surface area (Å²) in [5, 5.41) is 10.8. The van der Waals surface area contributed by atoms with Crippen molar-refractivity contribution >= 4 is 131 Å². The van der Waals surface area contributed by atoms with Crippen molar-refractivity contribution in [1.82, 2.24) is 27.4 Å². The average molecular weight is 1280 g/mol. The Kier molecular flexibility index (Phi) is 11.7. The van der Waals surface area contributed by atoms with Crippen LogP contribution in [0, 0.1) is 0 Å². The number of hydrogen-bond acceptors (Lipinski definition) is 0. The smallest absolute Gasteiger partial charge is 0.309 e. The fourth-order valence-corrected chi connectivity index (χ4v) is 16.3. The molecule has 6 aromatic heterocycles. The lowest BCUT2D eigenvalue weighted by atomic mass is 9.92. The molecule has 0 atom stereocenters. The van der Waals surface area contributed by atoms with Crippen molar-refractivity contribution in [2.24, 2.45) is 0 Å². The number of fused-ring (bicyclic) bond motifs is 18. The first-order valence-electron chi connectivity index (χ1n) is 32.5. The molecule has 0 spiro atoms. The Morgan fingerprint density at radius 2 is 0.388 bits per heavy atom. The highest BCUT2D eigenvalue weighted by molar-refractivity contribution is 6.20. The molecule has 0 fully saturated rings. The minimum atomic E-state index is -5.25. The lowest BCUT2D eigenvalue weighted by Gasteiger charge is -2.32. The summed E-state index contributed by atoms with van der Waals surface area (Å²) in [4.78, 5) is 0. The van der Waals surface area contributed by atoms with E-state index in [2.05, 4.69) is 155 Å². The van der Waals surface area contributed by atoms with Crippen molar-refractivity contribution in [3.8, 4) is 45.3 Å². The molecule has 0 amide bonds. The average Bonchev–Trinajstić information content (AvgIpc) is 1.43. The maximum atomic E-state index is 16.4. The van der Waals surface area contributed by atoms with E-state index in [1.165, 1.54) is 0 Å². The van der Waals surface area contributed by atoms with E-state index >= 15 is 26.3 Å². The number of halogens is 6. The highest BCUT2D eigenvalue weighted by Crippen LogP contribution is 2.56. The summed E-state index contributed by atoms with van der Waals surface area (Å²) in [5.41, 5.74) is 9.28. The second-order valence-corrected chi connectivity index (χ2v) is 25.3. The van der Waals surface area contributed by atoms with Crippen molar-refractivity contribution in [1.29, 1.82) is 0 Å². The minimum absolute atomic E-state index is 0.103. The first-order chi connectivity index (χ1) is 48.0. The molecule has 466 valence electrons. The first kappa shape index (κ1) is 55.9. The molecule has 0 aliphatic heterocycles. The molecule has 20 aromatic rings. The molecule has 98 heavy (non-hydrogen) atoms. The van der Waals surface area contributed by atoms with Crippen LogP contribution in [0.1, 0.15) is 11.1 Å². The summed E-state index contributed by atoms with van der Waals surface area (Å²) >= 11 is 0. The van der Waals surface area contributed by atoms with Crippen LogP contribution in [-0.2, 0) is 12.4 Å². The molecule has 6 nitrogen and oxygen atoms in total. The Labute approximate surface area is 553 Å². The Balaban J connectivity index is 1.15. The second kappa shape index (κ2) is 20.5. The fourth-order valence-electron chi connectivity index (χ4n) is 16.3. The number of aromatic nitrogens is 6. The van der Waals surface area contributed by atoms with Gasteiger partial charge in [-0.2, -0.15) is 26.3 Å². The summed E-state index contributed by atoms with van der Waals surface area (Å²) < 4.78 is 111. The molecule has 0 saturated heterocycles. The van der Waals surface area contributed by atoms with Gasteiger partial charge in [0.25, 0.3) is 0 Å². The van der Waals surface area contributed by atoms with Crippen molar-refractivity contribution in [3.63, 3.8) is 0 Å². The number of alkyl halides is 6. The van der Waals surface area contributed by atoms with Crippen molar-refractivity contribution < 1.29 is 26.3 Å². The highest BCUT2D eigenvalue weighted by Gasteiger charge is 2.41. The van der Waals surface area contributed by atoms with Gasteiger partial charge in [0.05, 0.1) is 106 Å². The van der Waals surface area contributed by atoms with Crippen molar-refractivity contribution in [2.75, 3.05) is 0 Å². The number of nitrogens with zero attached hydrogens (tertiary/aromatic N) is 6. The van der Waals surface area contributed by atoms with E-state index in [9.17, 15) is 0 Å². The SMILES string of the molecule is FC(F)(F)c1cc(-c2c(-n3c4ccccc4c4ccccc43)c(-n3c4ccccc4c4ccccc43)c(-n3c4ccccc4c4cc(-n5c6ccccc6c6ccccc65)ccc43)c(-n3c4ccccc4c4ccccc43)c2-n2c3ccccc3c3ccccc32)cc(C(F)(F)F)c1. The van der Waals surface area contributed by atoms with Crippen LogP contribution in [0.3, 0.4) is 0 Å². The maximum absolute atomic E-state index is 16.4. The van der Waals surface area contributed by atoms with Crippen LogP contribution in [0.25, 0.3) is 176 Å². The van der Waals surface area contributed by atoms with E-state index in [4.69, 9.17) is 0 Å². The van der Waals surface area contributed by atoms with Crippen molar-refractivity contribution in [3.05, 3.63) is 314 Å². The molecule has 0 saturated carbocycles. The molecule has 0 aliphatic rings. The quantitative estimate of drug-likeness (QED) is 0.142. The van der Waals surface area contributed by atoms with Gasteiger partial charge in [0.2, 0.25) is 0 Å². The maximum Gasteiger partial charge on any atom is 0.416 e. The predicted octanol–water partition coefficient (Wildman–Crippen LogP) is 24.0. The normalized spacial score (nSPS) is 12.6. The Hall–Kier alpha value is -12.5. The predicted molar refractivity (Wildman–Crippen MR) is 388 cm³/mol. The van der Waals surface area contributed by atoms with Crippen LogP contribution in [0.4, 0.5) is 26.3 Å². The van der Waals surface area contributed by atoms with Gasteiger partial charge in [-0.15, -0.1) is 0 Å². The third kappa shape index (κ3) is 7.82. The summed E-state index contributed by atoms with van der Waals surface area (Å²) in [7, 11) is 0. The molecule has 20 rings (SSSR count). The van der Waals surface area contributed by atoms with Gasteiger partial charge in [0.1, 0.15) is 0 Å². The monoisotopic (exact) mass is 1280 g/mol. The highest BCUT2D eigenvalue weighted by atomic mass is 19.4. The molecule has 14 aromatic carbocycles. The first-order valence-corrected chi connectivity index (χ1v) is 32.5. The number of benzene rings is 14. The Morgan fingerprint density at radius 1 is 0.184 bits per heavy atom. The van der Waals surface area contributed by atoms with Crippen LogP contribution in [0.15, 0.2) is 303 Å². The summed E-state index contributed by atoms with van der Waals surface area (Å²) in [5.74, 6) is 0. The molecule has 0 radical (unpaired) electrons. The van der Waals surface area contributed by atoms with Crippen LogP contribution in [0.5, 0.6) is 0 Å². The van der Waals surface area contributed by atoms with E-state index in [0.29, 0.717) is 50.5 Å². The third-order valence-corrected chi connectivity index (χ3v) is 20.2. The molecule has 0 unspecified atom stereocenters. The summed E-state index contributed by atoms with van der Waals surface area (Å²) in [6, 6.07) is 98.1. The lowest BCUT2D eigenvalue weighted by Crippen LogP contribution is -2.19. The third-order valence-electron chi connectivity index (χ3n) is 20.2. The van der Waals surface area contributed by atoms with Crippen LogP contribution in [0.2, 0.25) is 0 Å². The number of rotatable bonds is 7. The van der Waals surface area contributed by atoms with Gasteiger partial charge in [0, 0.05) is 75.9 Å². The van der Waals surface area contributed by atoms with E-state index in [1.807, 2.05) is 158 Å². The summed E-state index contributed by atoms with van der Waals surface area (Å²) in [6.45, 7) is 0.